The first-order valence-electron chi connectivity index (χ1n) is 10.7. The lowest BCUT2D eigenvalue weighted by Gasteiger charge is -2.28. The second kappa shape index (κ2) is 11.4. The van der Waals surface area contributed by atoms with E-state index < -0.39 is 0 Å². The summed E-state index contributed by atoms with van der Waals surface area (Å²) in [5, 5.41) is 2.85. The van der Waals surface area contributed by atoms with Crippen molar-refractivity contribution in [2.24, 2.45) is 0 Å². The standard InChI is InChI=1S/C24H31N3O5/c1-26(24(29)11-5-18-4-10-21(30-2)22(16-18)31-3)17-23(28)25-19-6-8-20(9-7-19)27-12-14-32-15-13-27/h4,6-10,16H,5,11-15,17H2,1-3H3,(H,25,28). The molecule has 1 heterocycles. The number of anilines is 2. The van der Waals surface area contributed by atoms with E-state index in [0.717, 1.165) is 37.6 Å². The maximum Gasteiger partial charge on any atom is 0.243 e. The van der Waals surface area contributed by atoms with Gasteiger partial charge in [-0.2, -0.15) is 0 Å². The van der Waals surface area contributed by atoms with Gasteiger partial charge in [-0.15, -0.1) is 0 Å². The maximum absolute atomic E-state index is 12.5. The molecule has 0 spiro atoms. The summed E-state index contributed by atoms with van der Waals surface area (Å²) in [6.07, 6.45) is 0.849. The quantitative estimate of drug-likeness (QED) is 0.644. The number of carbonyl (C=O) groups excluding carboxylic acids is 2. The molecule has 0 aliphatic carbocycles. The Morgan fingerprint density at radius 1 is 1.03 bits per heavy atom. The fourth-order valence-electron chi connectivity index (χ4n) is 3.56. The number of rotatable bonds is 9. The summed E-state index contributed by atoms with van der Waals surface area (Å²) < 4.78 is 15.9. The van der Waals surface area contributed by atoms with Crippen molar-refractivity contribution in [3.63, 3.8) is 0 Å². The highest BCUT2D eigenvalue weighted by molar-refractivity contribution is 5.94. The van der Waals surface area contributed by atoms with Crippen LogP contribution in [0.15, 0.2) is 42.5 Å². The molecule has 1 N–H and O–H groups in total. The van der Waals surface area contributed by atoms with Crippen LogP contribution in [0.3, 0.4) is 0 Å². The zero-order valence-electron chi connectivity index (χ0n) is 18.9. The van der Waals surface area contributed by atoms with Crippen LogP contribution >= 0.6 is 0 Å². The molecule has 1 aliphatic heterocycles. The molecule has 0 unspecified atom stereocenters. The third-order valence-corrected chi connectivity index (χ3v) is 5.41. The van der Waals surface area contributed by atoms with Crippen molar-refractivity contribution >= 4 is 23.2 Å². The normalized spacial score (nSPS) is 13.4. The van der Waals surface area contributed by atoms with Gasteiger partial charge in [0.25, 0.3) is 0 Å². The number of aryl methyl sites for hydroxylation is 1. The van der Waals surface area contributed by atoms with Gasteiger partial charge in [0.2, 0.25) is 11.8 Å². The Balaban J connectivity index is 1.46. The first kappa shape index (κ1) is 23.4. The van der Waals surface area contributed by atoms with E-state index in [2.05, 4.69) is 10.2 Å². The monoisotopic (exact) mass is 441 g/mol. The summed E-state index contributed by atoms with van der Waals surface area (Å²) in [5.74, 6) is 0.947. The molecule has 8 heteroatoms. The van der Waals surface area contributed by atoms with E-state index in [0.29, 0.717) is 30.0 Å². The highest BCUT2D eigenvalue weighted by Gasteiger charge is 2.15. The fourth-order valence-corrected chi connectivity index (χ4v) is 3.56. The van der Waals surface area contributed by atoms with Gasteiger partial charge in [0.15, 0.2) is 11.5 Å². The number of morpholine rings is 1. The van der Waals surface area contributed by atoms with Crippen molar-refractivity contribution in [3.05, 3.63) is 48.0 Å². The summed E-state index contributed by atoms with van der Waals surface area (Å²) in [6.45, 7) is 3.18. The second-order valence-corrected chi connectivity index (χ2v) is 7.63. The highest BCUT2D eigenvalue weighted by atomic mass is 16.5. The number of amides is 2. The summed E-state index contributed by atoms with van der Waals surface area (Å²) in [6, 6.07) is 13.3. The number of methoxy groups -OCH3 is 2. The van der Waals surface area contributed by atoms with Crippen molar-refractivity contribution in [1.29, 1.82) is 0 Å². The predicted octanol–water partition coefficient (Wildman–Crippen LogP) is 2.57. The minimum atomic E-state index is -0.230. The van der Waals surface area contributed by atoms with Gasteiger partial charge in [-0.05, 0) is 48.4 Å². The third kappa shape index (κ3) is 6.37. The molecule has 0 saturated carbocycles. The molecule has 2 amide bonds. The molecule has 0 aromatic heterocycles. The summed E-state index contributed by atoms with van der Waals surface area (Å²) in [7, 11) is 4.80. The number of likely N-dealkylation sites (N-methyl/N-ethyl adjacent to an activating group) is 1. The lowest BCUT2D eigenvalue weighted by Crippen LogP contribution is -2.36. The number of hydrogen-bond donors (Lipinski definition) is 1. The number of hydrogen-bond acceptors (Lipinski definition) is 6. The molecular formula is C24H31N3O5. The highest BCUT2D eigenvalue weighted by Crippen LogP contribution is 2.28. The van der Waals surface area contributed by atoms with Crippen LogP contribution in [-0.4, -0.2) is 70.8 Å². The molecular weight excluding hydrogens is 410 g/mol. The van der Waals surface area contributed by atoms with Crippen LogP contribution in [-0.2, 0) is 20.7 Å². The largest absolute Gasteiger partial charge is 0.493 e. The predicted molar refractivity (Wildman–Crippen MR) is 124 cm³/mol. The van der Waals surface area contributed by atoms with Gasteiger partial charge in [-0.3, -0.25) is 9.59 Å². The van der Waals surface area contributed by atoms with Gasteiger partial charge in [-0.1, -0.05) is 6.07 Å². The van der Waals surface area contributed by atoms with Crippen LogP contribution in [0.4, 0.5) is 11.4 Å². The number of benzene rings is 2. The second-order valence-electron chi connectivity index (χ2n) is 7.63. The molecule has 2 aromatic rings. The zero-order chi connectivity index (χ0) is 22.9. The van der Waals surface area contributed by atoms with E-state index in [9.17, 15) is 9.59 Å². The van der Waals surface area contributed by atoms with E-state index in [1.54, 1.807) is 21.3 Å². The van der Waals surface area contributed by atoms with Gasteiger partial charge < -0.3 is 29.3 Å². The summed E-state index contributed by atoms with van der Waals surface area (Å²) in [4.78, 5) is 28.5. The van der Waals surface area contributed by atoms with Crippen LogP contribution in [0.2, 0.25) is 0 Å². The minimum absolute atomic E-state index is 0.00399. The fraction of sp³-hybridized carbons (Fsp3) is 0.417. The first-order chi connectivity index (χ1) is 15.5. The van der Waals surface area contributed by atoms with E-state index in [1.165, 1.54) is 4.90 Å². The van der Waals surface area contributed by atoms with Gasteiger partial charge in [0, 0.05) is 37.9 Å². The Bertz CT molecular complexity index is 910. The third-order valence-electron chi connectivity index (χ3n) is 5.41. The molecule has 0 bridgehead atoms. The molecule has 1 saturated heterocycles. The first-order valence-corrected chi connectivity index (χ1v) is 10.7. The van der Waals surface area contributed by atoms with Gasteiger partial charge in [-0.25, -0.2) is 0 Å². The molecule has 8 nitrogen and oxygen atoms in total. The van der Waals surface area contributed by atoms with Crippen LogP contribution in [0.1, 0.15) is 12.0 Å². The van der Waals surface area contributed by atoms with E-state index in [-0.39, 0.29) is 18.4 Å². The number of nitrogens with one attached hydrogen (secondary N) is 1. The Morgan fingerprint density at radius 2 is 1.72 bits per heavy atom. The lowest BCUT2D eigenvalue weighted by atomic mass is 10.1. The topological polar surface area (TPSA) is 80.3 Å². The molecule has 172 valence electrons. The maximum atomic E-state index is 12.5. The Labute approximate surface area is 189 Å². The molecule has 1 fully saturated rings. The molecule has 0 atom stereocenters. The molecule has 2 aromatic carbocycles. The Hall–Kier alpha value is -3.26. The van der Waals surface area contributed by atoms with Crippen LogP contribution in [0.25, 0.3) is 0 Å². The molecule has 0 radical (unpaired) electrons. The smallest absolute Gasteiger partial charge is 0.243 e. The molecule has 32 heavy (non-hydrogen) atoms. The van der Waals surface area contributed by atoms with Crippen LogP contribution in [0, 0.1) is 0 Å². The Kier molecular flexibility index (Phi) is 8.33. The average molecular weight is 442 g/mol. The zero-order valence-corrected chi connectivity index (χ0v) is 18.9. The molecule has 3 rings (SSSR count). The van der Waals surface area contributed by atoms with Crippen molar-refractivity contribution in [1.82, 2.24) is 4.90 Å². The van der Waals surface area contributed by atoms with Crippen molar-refractivity contribution in [3.8, 4) is 11.5 Å². The number of nitrogens with zero attached hydrogens (tertiary/aromatic N) is 2. The van der Waals surface area contributed by atoms with Crippen molar-refractivity contribution in [2.75, 3.05) is 64.3 Å². The SMILES string of the molecule is COc1ccc(CCC(=O)N(C)CC(=O)Nc2ccc(N3CCOCC3)cc2)cc1OC. The Morgan fingerprint density at radius 3 is 2.38 bits per heavy atom. The van der Waals surface area contributed by atoms with Crippen molar-refractivity contribution < 1.29 is 23.8 Å². The van der Waals surface area contributed by atoms with Gasteiger partial charge >= 0.3 is 0 Å². The summed E-state index contributed by atoms with van der Waals surface area (Å²) in [5.41, 5.74) is 2.78. The van der Waals surface area contributed by atoms with Gasteiger partial charge in [0.05, 0.1) is 34.0 Å². The van der Waals surface area contributed by atoms with Crippen LogP contribution < -0.4 is 19.7 Å². The van der Waals surface area contributed by atoms with Crippen LogP contribution in [0.5, 0.6) is 11.5 Å². The average Bonchev–Trinajstić information content (AvgIpc) is 2.83. The number of carbonyl (C=O) groups is 2. The van der Waals surface area contributed by atoms with E-state index >= 15 is 0 Å². The number of ether oxygens (including phenoxy) is 3. The van der Waals surface area contributed by atoms with Gasteiger partial charge in [0.1, 0.15) is 0 Å². The molecule has 1 aliphatic rings. The minimum Gasteiger partial charge on any atom is -0.493 e. The van der Waals surface area contributed by atoms with E-state index in [4.69, 9.17) is 14.2 Å². The van der Waals surface area contributed by atoms with E-state index in [1.807, 2.05) is 42.5 Å². The summed E-state index contributed by atoms with van der Waals surface area (Å²) >= 11 is 0. The lowest BCUT2D eigenvalue weighted by molar-refractivity contribution is -0.133. The van der Waals surface area contributed by atoms with Crippen molar-refractivity contribution in [2.45, 2.75) is 12.8 Å².